The number of nitriles is 1. The summed E-state index contributed by atoms with van der Waals surface area (Å²) in [6, 6.07) is 9.84. The van der Waals surface area contributed by atoms with Crippen molar-refractivity contribution in [3.05, 3.63) is 51.5 Å². The molecule has 4 nitrogen and oxygen atoms in total. The van der Waals surface area contributed by atoms with Crippen molar-refractivity contribution >= 4 is 11.3 Å². The van der Waals surface area contributed by atoms with Crippen molar-refractivity contribution in [1.29, 1.82) is 5.26 Å². The quantitative estimate of drug-likeness (QED) is 0.781. The summed E-state index contributed by atoms with van der Waals surface area (Å²) in [5, 5.41) is 11.9. The second-order valence-electron chi connectivity index (χ2n) is 5.26. The number of hydrogen-bond acceptors (Lipinski definition) is 5. The van der Waals surface area contributed by atoms with Crippen molar-refractivity contribution in [3.63, 3.8) is 0 Å². The molecule has 1 aromatic carbocycles. The van der Waals surface area contributed by atoms with Gasteiger partial charge in [0.25, 0.3) is 0 Å². The highest BCUT2D eigenvalue weighted by Gasteiger charge is 2.11. The Labute approximate surface area is 136 Å². The number of rotatable bonds is 7. The Morgan fingerprint density at radius 2 is 2.05 bits per heavy atom. The second-order valence-corrected chi connectivity index (χ2v) is 6.15. The average Bonchev–Trinajstić information content (AvgIpc) is 2.96. The minimum atomic E-state index is 0.0626. The fraction of sp³-hybridized carbons (Fsp3) is 0.412. The van der Waals surface area contributed by atoms with Crippen LogP contribution in [0.3, 0.4) is 0 Å². The Hall–Kier alpha value is -1.74. The van der Waals surface area contributed by atoms with E-state index >= 15 is 0 Å². The zero-order chi connectivity index (χ0) is 15.9. The van der Waals surface area contributed by atoms with Crippen molar-refractivity contribution in [1.82, 2.24) is 9.88 Å². The Kier molecular flexibility index (Phi) is 6.08. The summed E-state index contributed by atoms with van der Waals surface area (Å²) in [6.45, 7) is 6.37. The van der Waals surface area contributed by atoms with E-state index in [0.717, 1.165) is 23.8 Å². The fourth-order valence-corrected chi connectivity index (χ4v) is 3.05. The van der Waals surface area contributed by atoms with E-state index < -0.39 is 0 Å². The second kappa shape index (κ2) is 8.04. The summed E-state index contributed by atoms with van der Waals surface area (Å²) in [5.74, 6) is 0. The van der Waals surface area contributed by atoms with Crippen LogP contribution in [0.1, 0.15) is 41.8 Å². The molecule has 1 heterocycles. The molecule has 0 spiro atoms. The van der Waals surface area contributed by atoms with Gasteiger partial charge in [-0.05, 0) is 38.6 Å². The number of nitrogens with zero attached hydrogens (tertiary/aromatic N) is 3. The number of aromatic nitrogens is 1. The molecule has 1 atom stereocenters. The molecule has 0 N–H and O–H groups in total. The van der Waals surface area contributed by atoms with Gasteiger partial charge in [-0.2, -0.15) is 5.26 Å². The van der Waals surface area contributed by atoms with Crippen LogP contribution in [-0.2, 0) is 17.8 Å². The molecule has 0 bridgehead atoms. The monoisotopic (exact) mass is 315 g/mol. The molecular formula is C17H21N3OS. The molecule has 0 aliphatic carbocycles. The van der Waals surface area contributed by atoms with Gasteiger partial charge >= 0.3 is 0 Å². The molecule has 0 radical (unpaired) electrons. The van der Waals surface area contributed by atoms with Gasteiger partial charge < -0.3 is 4.74 Å². The summed E-state index contributed by atoms with van der Waals surface area (Å²) >= 11 is 1.65. The lowest BCUT2D eigenvalue weighted by Crippen LogP contribution is -2.17. The Morgan fingerprint density at radius 3 is 2.68 bits per heavy atom. The van der Waals surface area contributed by atoms with Gasteiger partial charge in [0.05, 0.1) is 17.3 Å². The molecule has 2 rings (SSSR count). The Balaban J connectivity index is 1.91. The van der Waals surface area contributed by atoms with Gasteiger partial charge in [-0.1, -0.05) is 12.1 Å². The molecule has 0 saturated heterocycles. The maximum atomic E-state index is 8.81. The predicted octanol–water partition coefficient (Wildman–Crippen LogP) is 3.74. The third kappa shape index (κ3) is 4.63. The lowest BCUT2D eigenvalue weighted by molar-refractivity contribution is 0.0760. The Bertz CT molecular complexity index is 630. The van der Waals surface area contributed by atoms with Gasteiger partial charge in [0, 0.05) is 25.1 Å². The van der Waals surface area contributed by atoms with Crippen LogP contribution in [0, 0.1) is 11.3 Å². The van der Waals surface area contributed by atoms with E-state index in [0.29, 0.717) is 12.2 Å². The highest BCUT2D eigenvalue weighted by atomic mass is 32.1. The molecule has 0 aliphatic rings. The molecule has 2 aromatic rings. The fourth-order valence-electron chi connectivity index (χ4n) is 2.23. The summed E-state index contributed by atoms with van der Waals surface area (Å²) in [6.07, 6.45) is 0.0626. The molecule has 0 fully saturated rings. The SMILES string of the molecule is CCOC(C)c1nc(CN(C)Cc2ccc(C#N)cc2)cs1. The maximum absolute atomic E-state index is 8.81. The normalized spacial score (nSPS) is 12.3. The van der Waals surface area contributed by atoms with Crippen LogP contribution in [0.4, 0.5) is 0 Å². The molecule has 5 heteroatoms. The number of hydrogen-bond donors (Lipinski definition) is 0. The van der Waals surface area contributed by atoms with Crippen molar-refractivity contribution < 1.29 is 4.74 Å². The molecule has 0 aliphatic heterocycles. The van der Waals surface area contributed by atoms with Crippen molar-refractivity contribution in [2.24, 2.45) is 0 Å². The largest absolute Gasteiger partial charge is 0.372 e. The summed E-state index contributed by atoms with van der Waals surface area (Å²) in [5.41, 5.74) is 2.96. The first-order valence-electron chi connectivity index (χ1n) is 7.35. The minimum absolute atomic E-state index is 0.0626. The molecular weight excluding hydrogens is 294 g/mol. The third-order valence-corrected chi connectivity index (χ3v) is 4.36. The van der Waals surface area contributed by atoms with Crippen LogP contribution in [0.25, 0.3) is 0 Å². The number of thiazole rings is 1. The molecule has 22 heavy (non-hydrogen) atoms. The van der Waals surface area contributed by atoms with Crippen LogP contribution in [-0.4, -0.2) is 23.5 Å². The third-order valence-electron chi connectivity index (χ3n) is 3.30. The summed E-state index contributed by atoms with van der Waals surface area (Å²) in [4.78, 5) is 6.86. The molecule has 116 valence electrons. The summed E-state index contributed by atoms with van der Waals surface area (Å²) < 4.78 is 5.57. The molecule has 1 aromatic heterocycles. The van der Waals surface area contributed by atoms with Crippen molar-refractivity contribution in [3.8, 4) is 6.07 Å². The Morgan fingerprint density at radius 1 is 1.32 bits per heavy atom. The topological polar surface area (TPSA) is 49.1 Å². The highest BCUT2D eigenvalue weighted by Crippen LogP contribution is 2.21. The smallest absolute Gasteiger partial charge is 0.122 e. The highest BCUT2D eigenvalue weighted by molar-refractivity contribution is 7.09. The van der Waals surface area contributed by atoms with Gasteiger partial charge in [0.2, 0.25) is 0 Å². The molecule has 1 unspecified atom stereocenters. The first-order valence-corrected chi connectivity index (χ1v) is 8.23. The van der Waals surface area contributed by atoms with Crippen LogP contribution < -0.4 is 0 Å². The van der Waals surface area contributed by atoms with Crippen molar-refractivity contribution in [2.75, 3.05) is 13.7 Å². The standard InChI is InChI=1S/C17H21N3OS/c1-4-21-13(2)17-19-16(12-22-17)11-20(3)10-15-7-5-14(9-18)6-8-15/h5-8,12-13H,4,10-11H2,1-3H3. The first-order chi connectivity index (χ1) is 10.6. The van der Waals surface area contributed by atoms with E-state index in [9.17, 15) is 0 Å². The number of ether oxygens (including phenoxy) is 1. The molecule has 0 saturated carbocycles. The first kappa shape index (κ1) is 16.6. The van der Waals surface area contributed by atoms with Crippen LogP contribution >= 0.6 is 11.3 Å². The zero-order valence-corrected chi connectivity index (χ0v) is 14.1. The maximum Gasteiger partial charge on any atom is 0.122 e. The predicted molar refractivity (Wildman–Crippen MR) is 88.5 cm³/mol. The van der Waals surface area contributed by atoms with Crippen LogP contribution in [0.15, 0.2) is 29.6 Å². The van der Waals surface area contributed by atoms with E-state index in [1.165, 1.54) is 5.56 Å². The van der Waals surface area contributed by atoms with Gasteiger partial charge in [-0.15, -0.1) is 11.3 Å². The lowest BCUT2D eigenvalue weighted by Gasteiger charge is -2.15. The zero-order valence-electron chi connectivity index (χ0n) is 13.2. The van der Waals surface area contributed by atoms with E-state index in [2.05, 4.69) is 28.4 Å². The minimum Gasteiger partial charge on any atom is -0.372 e. The van der Waals surface area contributed by atoms with E-state index in [4.69, 9.17) is 10.00 Å². The van der Waals surface area contributed by atoms with Gasteiger partial charge in [0.15, 0.2) is 0 Å². The molecule has 0 amide bonds. The van der Waals surface area contributed by atoms with E-state index in [1.54, 1.807) is 11.3 Å². The van der Waals surface area contributed by atoms with E-state index in [1.807, 2.05) is 38.1 Å². The van der Waals surface area contributed by atoms with Gasteiger partial charge in [0.1, 0.15) is 11.1 Å². The van der Waals surface area contributed by atoms with Crippen LogP contribution in [0.5, 0.6) is 0 Å². The van der Waals surface area contributed by atoms with Crippen molar-refractivity contribution in [2.45, 2.75) is 33.0 Å². The van der Waals surface area contributed by atoms with Crippen LogP contribution in [0.2, 0.25) is 0 Å². The van der Waals surface area contributed by atoms with Gasteiger partial charge in [-0.3, -0.25) is 4.90 Å². The van der Waals surface area contributed by atoms with E-state index in [-0.39, 0.29) is 6.10 Å². The lowest BCUT2D eigenvalue weighted by atomic mass is 10.1. The number of benzene rings is 1. The average molecular weight is 315 g/mol. The van der Waals surface area contributed by atoms with Gasteiger partial charge in [-0.25, -0.2) is 4.98 Å². The summed E-state index contributed by atoms with van der Waals surface area (Å²) in [7, 11) is 2.07.